The van der Waals surface area contributed by atoms with Gasteiger partial charge >= 0.3 is 6.03 Å². The summed E-state index contributed by atoms with van der Waals surface area (Å²) in [6, 6.07) is 6.00. The molecule has 0 radical (unpaired) electrons. The van der Waals surface area contributed by atoms with Gasteiger partial charge in [0.1, 0.15) is 0 Å². The zero-order valence-corrected chi connectivity index (χ0v) is 18.3. The van der Waals surface area contributed by atoms with Crippen molar-refractivity contribution in [2.24, 2.45) is 5.92 Å². The van der Waals surface area contributed by atoms with Gasteiger partial charge in [-0.25, -0.2) is 4.79 Å². The number of amides is 2. The van der Waals surface area contributed by atoms with Gasteiger partial charge in [-0.2, -0.15) is 0 Å². The lowest BCUT2D eigenvalue weighted by molar-refractivity contribution is 0.0925. The molecule has 154 valence electrons. The number of ether oxygens (including phenoxy) is 1. The topological polar surface area (TPSA) is 50.4 Å². The van der Waals surface area contributed by atoms with Gasteiger partial charge in [-0.15, -0.1) is 0 Å². The summed E-state index contributed by atoms with van der Waals surface area (Å²) in [4.78, 5) is 12.3. The van der Waals surface area contributed by atoms with E-state index < -0.39 is 0 Å². The van der Waals surface area contributed by atoms with Crippen LogP contribution < -0.4 is 10.6 Å². The largest absolute Gasteiger partial charge is 0.381 e. The lowest BCUT2D eigenvalue weighted by atomic mass is 9.84. The number of urea groups is 1. The maximum absolute atomic E-state index is 12.3. The molecule has 1 aromatic carbocycles. The van der Waals surface area contributed by atoms with Gasteiger partial charge in [-0.1, -0.05) is 72.1 Å². The van der Waals surface area contributed by atoms with E-state index in [1.165, 1.54) is 25.7 Å². The van der Waals surface area contributed by atoms with Crippen molar-refractivity contribution < 1.29 is 9.53 Å². The number of hydrogen-bond acceptors (Lipinski definition) is 2. The molecule has 27 heavy (non-hydrogen) atoms. The minimum atomic E-state index is -0.149. The third-order valence-corrected chi connectivity index (χ3v) is 4.97. The number of unbranched alkanes of at least 4 members (excludes halogenated alkanes) is 1. The highest BCUT2D eigenvalue weighted by Gasteiger charge is 2.20. The fraction of sp³-hybridized carbons (Fsp3) is 0.696. The van der Waals surface area contributed by atoms with Crippen molar-refractivity contribution in [3.63, 3.8) is 0 Å². The van der Waals surface area contributed by atoms with Gasteiger partial charge in [0.2, 0.25) is 0 Å². The number of carbonyl (C=O) groups excluding carboxylic acids is 1. The monoisotopic (exact) mass is 376 g/mol. The zero-order chi connectivity index (χ0) is 20.3. The summed E-state index contributed by atoms with van der Waals surface area (Å²) >= 11 is 0. The van der Waals surface area contributed by atoms with E-state index in [2.05, 4.69) is 51.3 Å². The third-order valence-electron chi connectivity index (χ3n) is 4.97. The maximum Gasteiger partial charge on any atom is 0.319 e. The van der Waals surface area contributed by atoms with Crippen LogP contribution in [0, 0.1) is 12.8 Å². The van der Waals surface area contributed by atoms with Crippen LogP contribution in [0.1, 0.15) is 77.8 Å². The number of hydrogen-bond donors (Lipinski definition) is 2. The predicted molar refractivity (Wildman–Crippen MR) is 116 cm³/mol. The van der Waals surface area contributed by atoms with E-state index in [9.17, 15) is 4.79 Å². The molecule has 0 bridgehead atoms. The van der Waals surface area contributed by atoms with Crippen molar-refractivity contribution in [2.45, 2.75) is 79.1 Å². The van der Waals surface area contributed by atoms with Crippen molar-refractivity contribution in [1.29, 1.82) is 0 Å². The molecule has 0 aliphatic carbocycles. The quantitative estimate of drug-likeness (QED) is 0.463. The number of nitrogens with one attached hydrogen (secondary N) is 2. The van der Waals surface area contributed by atoms with Gasteiger partial charge in [0, 0.05) is 25.4 Å². The third kappa shape index (κ3) is 8.79. The van der Waals surface area contributed by atoms with E-state index in [-0.39, 0.29) is 11.4 Å². The van der Waals surface area contributed by atoms with Gasteiger partial charge in [0.05, 0.1) is 0 Å². The number of carbonyl (C=O) groups is 1. The summed E-state index contributed by atoms with van der Waals surface area (Å²) < 4.78 is 5.80. The molecule has 4 nitrogen and oxygen atoms in total. The number of para-hydroxylation sites is 1. The Balaban J connectivity index is 2.35. The SMILES string of the molecule is CCCCC(CC)COCCCNC(=O)Nc1c(C)cccc1C(C)(C)C. The highest BCUT2D eigenvalue weighted by Crippen LogP contribution is 2.31. The molecule has 0 fully saturated rings. The molecule has 0 aliphatic rings. The van der Waals surface area contributed by atoms with Crippen LogP contribution in [0.4, 0.5) is 10.5 Å². The highest BCUT2D eigenvalue weighted by molar-refractivity contribution is 5.91. The lowest BCUT2D eigenvalue weighted by Crippen LogP contribution is -2.31. The van der Waals surface area contributed by atoms with Crippen LogP contribution in [0.2, 0.25) is 0 Å². The molecule has 1 aromatic rings. The van der Waals surface area contributed by atoms with Crippen LogP contribution in [0.15, 0.2) is 18.2 Å². The predicted octanol–water partition coefficient (Wildman–Crippen LogP) is 6.04. The maximum atomic E-state index is 12.3. The lowest BCUT2D eigenvalue weighted by Gasteiger charge is -2.24. The van der Waals surface area contributed by atoms with Crippen molar-refractivity contribution in [2.75, 3.05) is 25.1 Å². The van der Waals surface area contributed by atoms with Crippen molar-refractivity contribution in [3.05, 3.63) is 29.3 Å². The molecular formula is C23H40N2O2. The fourth-order valence-corrected chi connectivity index (χ4v) is 3.14. The Bertz CT molecular complexity index is 564. The molecule has 1 unspecified atom stereocenters. The van der Waals surface area contributed by atoms with E-state index in [4.69, 9.17) is 4.74 Å². The first kappa shape index (κ1) is 23.5. The molecule has 0 heterocycles. The summed E-state index contributed by atoms with van der Waals surface area (Å²) in [5.41, 5.74) is 3.13. The molecule has 4 heteroatoms. The van der Waals surface area contributed by atoms with Crippen molar-refractivity contribution >= 4 is 11.7 Å². The van der Waals surface area contributed by atoms with Gasteiger partial charge in [0.15, 0.2) is 0 Å². The fourth-order valence-electron chi connectivity index (χ4n) is 3.14. The Kier molecular flexibility index (Phi) is 10.5. The first-order valence-electron chi connectivity index (χ1n) is 10.5. The van der Waals surface area contributed by atoms with E-state index in [1.54, 1.807) is 0 Å². The summed E-state index contributed by atoms with van der Waals surface area (Å²) in [6.45, 7) is 15.1. The first-order valence-corrected chi connectivity index (χ1v) is 10.5. The second-order valence-corrected chi connectivity index (χ2v) is 8.47. The van der Waals surface area contributed by atoms with Crippen molar-refractivity contribution in [3.8, 4) is 0 Å². The Morgan fingerprint density at radius 2 is 1.93 bits per heavy atom. The number of aryl methyl sites for hydroxylation is 1. The zero-order valence-electron chi connectivity index (χ0n) is 18.3. The number of anilines is 1. The number of rotatable bonds is 11. The van der Waals surface area contributed by atoms with Gasteiger partial charge < -0.3 is 15.4 Å². The molecule has 0 saturated carbocycles. The normalized spacial score (nSPS) is 12.7. The van der Waals surface area contributed by atoms with E-state index in [1.807, 2.05) is 19.1 Å². The molecular weight excluding hydrogens is 336 g/mol. The first-order chi connectivity index (χ1) is 12.8. The van der Waals surface area contributed by atoms with Crippen LogP contribution in [0.25, 0.3) is 0 Å². The van der Waals surface area contributed by atoms with E-state index in [0.29, 0.717) is 19.1 Å². The average Bonchev–Trinajstić information content (AvgIpc) is 2.61. The highest BCUT2D eigenvalue weighted by atomic mass is 16.5. The smallest absolute Gasteiger partial charge is 0.319 e. The molecule has 0 aromatic heterocycles. The van der Waals surface area contributed by atoms with Crippen molar-refractivity contribution in [1.82, 2.24) is 5.32 Å². The molecule has 1 rings (SSSR count). The number of benzene rings is 1. The minimum Gasteiger partial charge on any atom is -0.381 e. The second-order valence-electron chi connectivity index (χ2n) is 8.47. The Morgan fingerprint density at radius 3 is 2.56 bits per heavy atom. The standard InChI is InChI=1S/C23H40N2O2/c1-7-9-13-19(8-2)17-27-16-11-15-24-22(26)25-21-18(3)12-10-14-20(21)23(4,5)6/h10,12,14,19H,7-9,11,13,15-17H2,1-6H3,(H2,24,25,26). The summed E-state index contributed by atoms with van der Waals surface area (Å²) in [5, 5.41) is 5.98. The summed E-state index contributed by atoms with van der Waals surface area (Å²) in [7, 11) is 0. The molecule has 0 saturated heterocycles. The molecule has 1 atom stereocenters. The molecule has 2 N–H and O–H groups in total. The average molecular weight is 377 g/mol. The summed E-state index contributed by atoms with van der Waals surface area (Å²) in [5.74, 6) is 0.665. The van der Waals surface area contributed by atoms with Gasteiger partial charge in [-0.05, 0) is 42.2 Å². The van der Waals surface area contributed by atoms with Crippen LogP contribution in [-0.4, -0.2) is 25.8 Å². The molecule has 0 spiro atoms. The van der Waals surface area contributed by atoms with Crippen LogP contribution in [-0.2, 0) is 10.2 Å². The molecule has 0 aliphatic heterocycles. The second kappa shape index (κ2) is 12.0. The van der Waals surface area contributed by atoms with Crippen LogP contribution >= 0.6 is 0 Å². The summed E-state index contributed by atoms with van der Waals surface area (Å²) in [6.07, 6.45) is 5.78. The van der Waals surface area contributed by atoms with Crippen LogP contribution in [0.3, 0.4) is 0 Å². The van der Waals surface area contributed by atoms with Gasteiger partial charge in [0.25, 0.3) is 0 Å². The Hall–Kier alpha value is -1.55. The van der Waals surface area contributed by atoms with E-state index >= 15 is 0 Å². The minimum absolute atomic E-state index is 0.0178. The molecule has 2 amide bonds. The van der Waals surface area contributed by atoms with Crippen LogP contribution in [0.5, 0.6) is 0 Å². The van der Waals surface area contributed by atoms with Gasteiger partial charge in [-0.3, -0.25) is 0 Å². The van der Waals surface area contributed by atoms with E-state index in [0.717, 1.165) is 29.8 Å². The Labute approximate surface area is 166 Å². The Morgan fingerprint density at radius 1 is 1.19 bits per heavy atom.